The second kappa shape index (κ2) is 9.70. The zero-order chi connectivity index (χ0) is 20.9. The Morgan fingerprint density at radius 2 is 1.73 bits per heavy atom. The Morgan fingerprint density at radius 3 is 2.53 bits per heavy atom. The number of ether oxygens (including phenoxy) is 6. The average molecular weight is 418 g/mol. The van der Waals surface area contributed by atoms with Crippen molar-refractivity contribution in [3.8, 4) is 0 Å². The van der Waals surface area contributed by atoms with Gasteiger partial charge in [0.05, 0.1) is 13.0 Å². The smallest absolute Gasteiger partial charge is 0.310 e. The van der Waals surface area contributed by atoms with Gasteiger partial charge in [-0.25, -0.2) is 0 Å². The first kappa shape index (κ1) is 21.0. The minimum atomic E-state index is -0.949. The summed E-state index contributed by atoms with van der Waals surface area (Å²) < 4.78 is 34.8. The van der Waals surface area contributed by atoms with E-state index in [-0.39, 0.29) is 25.4 Å². The molecule has 3 heterocycles. The van der Waals surface area contributed by atoms with E-state index in [0.29, 0.717) is 12.8 Å². The largest absolute Gasteiger partial charge is 0.455 e. The summed E-state index contributed by atoms with van der Waals surface area (Å²) in [7, 11) is 1.45. The first-order valence-electron chi connectivity index (χ1n) is 10.2. The van der Waals surface area contributed by atoms with Crippen LogP contribution in [0, 0.1) is 0 Å². The van der Waals surface area contributed by atoms with Crippen LogP contribution in [-0.2, 0) is 38.0 Å². The molecule has 2 fully saturated rings. The van der Waals surface area contributed by atoms with Crippen molar-refractivity contribution in [2.45, 2.75) is 62.7 Å². The number of carbonyl (C=O) groups excluding carboxylic acids is 2. The number of methoxy groups -OCH3 is 1. The maximum atomic E-state index is 12.5. The van der Waals surface area contributed by atoms with Crippen LogP contribution in [0.4, 0.5) is 0 Å². The van der Waals surface area contributed by atoms with Crippen LogP contribution in [-0.4, -0.2) is 56.4 Å². The summed E-state index contributed by atoms with van der Waals surface area (Å²) in [5.74, 6) is -0.828. The van der Waals surface area contributed by atoms with Crippen molar-refractivity contribution < 1.29 is 38.0 Å². The number of hydrogen-bond donors (Lipinski definition) is 0. The van der Waals surface area contributed by atoms with Crippen LogP contribution in [0.15, 0.2) is 42.5 Å². The number of esters is 2. The Hall–Kier alpha value is -2.26. The lowest BCUT2D eigenvalue weighted by Gasteiger charge is -2.47. The van der Waals surface area contributed by atoms with Crippen LogP contribution in [0.5, 0.6) is 0 Å². The highest BCUT2D eigenvalue weighted by Gasteiger charge is 2.53. The summed E-state index contributed by atoms with van der Waals surface area (Å²) in [5.41, 5.74) is 0.836. The second-order valence-corrected chi connectivity index (χ2v) is 7.43. The Labute approximate surface area is 175 Å². The van der Waals surface area contributed by atoms with Crippen molar-refractivity contribution in [3.63, 3.8) is 0 Å². The van der Waals surface area contributed by atoms with Crippen molar-refractivity contribution in [1.82, 2.24) is 0 Å². The van der Waals surface area contributed by atoms with Crippen molar-refractivity contribution >= 4 is 11.9 Å². The molecule has 0 spiro atoms. The van der Waals surface area contributed by atoms with Gasteiger partial charge in [0.1, 0.15) is 12.2 Å². The van der Waals surface area contributed by atoms with E-state index >= 15 is 0 Å². The third-order valence-electron chi connectivity index (χ3n) is 5.33. The van der Waals surface area contributed by atoms with Gasteiger partial charge in [0.25, 0.3) is 0 Å². The fourth-order valence-corrected chi connectivity index (χ4v) is 3.85. The molecule has 0 amide bonds. The van der Waals surface area contributed by atoms with Crippen LogP contribution >= 0.6 is 0 Å². The Kier molecular flexibility index (Phi) is 6.79. The van der Waals surface area contributed by atoms with E-state index in [1.54, 1.807) is 6.08 Å². The number of carbonyl (C=O) groups is 2. The summed E-state index contributed by atoms with van der Waals surface area (Å²) in [4.78, 5) is 24.9. The number of rotatable bonds is 2. The van der Waals surface area contributed by atoms with Crippen molar-refractivity contribution in [1.29, 1.82) is 0 Å². The van der Waals surface area contributed by atoms with Gasteiger partial charge in [-0.2, -0.15) is 0 Å². The monoisotopic (exact) mass is 418 g/mol. The fraction of sp³-hybridized carbons (Fsp3) is 0.545. The lowest BCUT2D eigenvalue weighted by atomic mass is 9.97. The molecule has 3 aliphatic rings. The third-order valence-corrected chi connectivity index (χ3v) is 5.33. The molecule has 30 heavy (non-hydrogen) atoms. The summed E-state index contributed by atoms with van der Waals surface area (Å²) in [6.45, 7) is 0.224. The topological polar surface area (TPSA) is 89.5 Å². The van der Waals surface area contributed by atoms with E-state index in [9.17, 15) is 9.59 Å². The predicted octanol–water partition coefficient (Wildman–Crippen LogP) is 2.43. The molecule has 0 bridgehead atoms. The standard InChI is InChI=1S/C22H26O8/c1-25-22-20-19(28-16(23)11-7-2-3-8-12-17(24)29-20)18-15(27-22)13-26-21(30-18)14-9-5-4-6-10-14/h3-6,8-10,15,18-22H,2,7,11-13H2,1H3/t15-,18-,19+,20-,21?,22+/m1/s1. The van der Waals surface area contributed by atoms with Gasteiger partial charge in [-0.3, -0.25) is 9.59 Å². The van der Waals surface area contributed by atoms with Crippen molar-refractivity contribution in [2.24, 2.45) is 0 Å². The maximum absolute atomic E-state index is 12.5. The molecule has 1 unspecified atom stereocenters. The van der Waals surface area contributed by atoms with E-state index in [1.807, 2.05) is 36.4 Å². The van der Waals surface area contributed by atoms with E-state index in [4.69, 9.17) is 28.4 Å². The number of hydrogen-bond acceptors (Lipinski definition) is 8. The summed E-state index contributed by atoms with van der Waals surface area (Å²) in [6.07, 6.45) is 0.743. The molecule has 6 atom stereocenters. The molecule has 0 saturated carbocycles. The number of allylic oxidation sites excluding steroid dienone is 1. The van der Waals surface area contributed by atoms with E-state index in [2.05, 4.69) is 0 Å². The van der Waals surface area contributed by atoms with Gasteiger partial charge in [0, 0.05) is 19.1 Å². The summed E-state index contributed by atoms with van der Waals surface area (Å²) in [5, 5.41) is 0. The third kappa shape index (κ3) is 4.73. The van der Waals surface area contributed by atoms with E-state index in [0.717, 1.165) is 5.56 Å². The Balaban J connectivity index is 1.61. The second-order valence-electron chi connectivity index (χ2n) is 7.43. The molecule has 0 N–H and O–H groups in total. The highest BCUT2D eigenvalue weighted by atomic mass is 16.8. The average Bonchev–Trinajstić information content (AvgIpc) is 2.76. The number of fused-ring (bicyclic) bond motifs is 3. The van der Waals surface area contributed by atoms with Gasteiger partial charge in [-0.05, 0) is 12.8 Å². The molecule has 1 aromatic carbocycles. The fourth-order valence-electron chi connectivity index (χ4n) is 3.85. The molecular formula is C22H26O8. The predicted molar refractivity (Wildman–Crippen MR) is 103 cm³/mol. The van der Waals surface area contributed by atoms with Gasteiger partial charge >= 0.3 is 11.9 Å². The molecule has 8 heteroatoms. The molecule has 0 aliphatic carbocycles. The normalized spacial score (nSPS) is 35.1. The highest BCUT2D eigenvalue weighted by Crippen LogP contribution is 2.36. The van der Waals surface area contributed by atoms with Crippen LogP contribution in [0.25, 0.3) is 0 Å². The Morgan fingerprint density at radius 1 is 0.933 bits per heavy atom. The van der Waals surface area contributed by atoms with E-state index in [1.165, 1.54) is 7.11 Å². The van der Waals surface area contributed by atoms with Crippen LogP contribution in [0.2, 0.25) is 0 Å². The summed E-state index contributed by atoms with van der Waals surface area (Å²) in [6, 6.07) is 9.47. The lowest BCUT2D eigenvalue weighted by molar-refractivity contribution is -0.359. The first-order valence-corrected chi connectivity index (χ1v) is 10.2. The minimum absolute atomic E-state index is 0.123. The molecule has 0 radical (unpaired) electrons. The molecule has 3 aliphatic heterocycles. The van der Waals surface area contributed by atoms with Gasteiger partial charge in [-0.1, -0.05) is 42.5 Å². The van der Waals surface area contributed by atoms with E-state index < -0.39 is 43.0 Å². The van der Waals surface area contributed by atoms with Crippen LogP contribution in [0.3, 0.4) is 0 Å². The van der Waals surface area contributed by atoms with Gasteiger partial charge in [0.15, 0.2) is 24.8 Å². The molecule has 2 saturated heterocycles. The van der Waals surface area contributed by atoms with Crippen LogP contribution < -0.4 is 0 Å². The molecular weight excluding hydrogens is 392 g/mol. The van der Waals surface area contributed by atoms with Gasteiger partial charge in [-0.15, -0.1) is 0 Å². The molecule has 162 valence electrons. The lowest BCUT2D eigenvalue weighted by Crippen LogP contribution is -2.64. The zero-order valence-electron chi connectivity index (χ0n) is 16.8. The minimum Gasteiger partial charge on any atom is -0.455 e. The molecule has 0 aromatic heterocycles. The molecule has 4 rings (SSSR count). The maximum Gasteiger partial charge on any atom is 0.310 e. The van der Waals surface area contributed by atoms with Crippen molar-refractivity contribution in [3.05, 3.63) is 48.0 Å². The first-order chi connectivity index (χ1) is 14.7. The van der Waals surface area contributed by atoms with Crippen LogP contribution in [0.1, 0.15) is 37.5 Å². The Bertz CT molecular complexity index is 764. The van der Waals surface area contributed by atoms with Crippen molar-refractivity contribution in [2.75, 3.05) is 13.7 Å². The summed E-state index contributed by atoms with van der Waals surface area (Å²) >= 11 is 0. The highest BCUT2D eigenvalue weighted by molar-refractivity contribution is 5.72. The SMILES string of the molecule is CO[C@H]1O[C@@H]2COC(c3ccccc3)O[C@H]2[C@@H]2OC(=O)CCCC=CCC(=O)O[C@@H]12. The molecule has 1 aromatic rings. The zero-order valence-corrected chi connectivity index (χ0v) is 16.8. The van der Waals surface area contributed by atoms with Gasteiger partial charge < -0.3 is 28.4 Å². The quantitative estimate of drug-likeness (QED) is 0.534. The van der Waals surface area contributed by atoms with Gasteiger partial charge in [0.2, 0.25) is 0 Å². The molecule has 8 nitrogen and oxygen atoms in total. The number of benzene rings is 1.